The van der Waals surface area contributed by atoms with Gasteiger partial charge in [0, 0.05) is 19.4 Å². The van der Waals surface area contributed by atoms with E-state index in [2.05, 4.69) is 6.07 Å². The number of benzene rings is 1. The molecule has 0 saturated carbocycles. The SMILES string of the molecule is O=C(CCC(=O)N1CCCC1c1nc2ccccc2s1)c1cccs1. The van der Waals surface area contributed by atoms with E-state index in [0.717, 1.165) is 39.5 Å². The number of carbonyl (C=O) groups is 2. The first kappa shape index (κ1) is 16.4. The van der Waals surface area contributed by atoms with E-state index in [4.69, 9.17) is 4.98 Å². The Bertz CT molecular complexity index is 868. The van der Waals surface area contributed by atoms with Gasteiger partial charge in [0.15, 0.2) is 5.78 Å². The highest BCUT2D eigenvalue weighted by Gasteiger charge is 2.32. The Morgan fingerprint density at radius 1 is 1.16 bits per heavy atom. The number of thiophene rings is 1. The highest BCUT2D eigenvalue weighted by Crippen LogP contribution is 2.36. The van der Waals surface area contributed by atoms with E-state index < -0.39 is 0 Å². The lowest BCUT2D eigenvalue weighted by Crippen LogP contribution is -2.30. The maximum Gasteiger partial charge on any atom is 0.223 e. The zero-order chi connectivity index (χ0) is 17.2. The summed E-state index contributed by atoms with van der Waals surface area (Å²) in [4.78, 5) is 32.2. The van der Waals surface area contributed by atoms with Gasteiger partial charge in [-0.25, -0.2) is 4.98 Å². The van der Waals surface area contributed by atoms with Crippen LogP contribution >= 0.6 is 22.7 Å². The van der Waals surface area contributed by atoms with Crippen molar-refractivity contribution in [2.75, 3.05) is 6.54 Å². The Balaban J connectivity index is 1.45. The number of Topliss-reactive ketones (excluding diaryl/α,β-unsaturated/α-hetero) is 1. The minimum absolute atomic E-state index is 0.0547. The van der Waals surface area contributed by atoms with Gasteiger partial charge >= 0.3 is 0 Å². The highest BCUT2D eigenvalue weighted by atomic mass is 32.1. The second-order valence-electron chi connectivity index (χ2n) is 6.17. The van der Waals surface area contributed by atoms with Crippen molar-refractivity contribution in [2.45, 2.75) is 31.7 Å². The average molecular weight is 370 g/mol. The van der Waals surface area contributed by atoms with Gasteiger partial charge in [0.05, 0.1) is 21.1 Å². The second-order valence-corrected chi connectivity index (χ2v) is 8.18. The Labute approximate surface area is 154 Å². The van der Waals surface area contributed by atoms with Crippen LogP contribution in [0.1, 0.15) is 46.4 Å². The lowest BCUT2D eigenvalue weighted by atomic mass is 10.1. The third-order valence-corrected chi connectivity index (χ3v) is 6.58. The van der Waals surface area contributed by atoms with E-state index in [9.17, 15) is 9.59 Å². The number of ketones is 1. The summed E-state index contributed by atoms with van der Waals surface area (Å²) in [6.07, 6.45) is 2.50. The molecule has 1 fully saturated rings. The lowest BCUT2D eigenvalue weighted by molar-refractivity contribution is -0.132. The van der Waals surface area contributed by atoms with Crippen molar-refractivity contribution in [1.82, 2.24) is 9.88 Å². The van der Waals surface area contributed by atoms with E-state index in [1.807, 2.05) is 40.6 Å². The fourth-order valence-corrected chi connectivity index (χ4v) is 5.09. The number of likely N-dealkylation sites (tertiary alicyclic amines) is 1. The molecular formula is C19H18N2O2S2. The molecule has 1 amide bonds. The predicted octanol–water partition coefficient (Wildman–Crippen LogP) is 4.68. The topological polar surface area (TPSA) is 50.3 Å². The van der Waals surface area contributed by atoms with E-state index in [1.54, 1.807) is 11.3 Å². The number of para-hydroxylation sites is 1. The Hall–Kier alpha value is -2.05. The van der Waals surface area contributed by atoms with Crippen LogP contribution in [0.4, 0.5) is 0 Å². The molecule has 3 aromatic rings. The molecule has 0 bridgehead atoms. The predicted molar refractivity (Wildman–Crippen MR) is 101 cm³/mol. The molecule has 1 saturated heterocycles. The van der Waals surface area contributed by atoms with Gasteiger partial charge in [-0.15, -0.1) is 22.7 Å². The Morgan fingerprint density at radius 3 is 2.84 bits per heavy atom. The molecular weight excluding hydrogens is 352 g/mol. The smallest absolute Gasteiger partial charge is 0.223 e. The van der Waals surface area contributed by atoms with E-state index in [0.29, 0.717) is 0 Å². The number of hydrogen-bond acceptors (Lipinski definition) is 5. The summed E-state index contributed by atoms with van der Waals surface area (Å²) in [6, 6.07) is 11.8. The summed E-state index contributed by atoms with van der Waals surface area (Å²) in [5, 5.41) is 2.90. The van der Waals surface area contributed by atoms with Gasteiger partial charge in [-0.3, -0.25) is 9.59 Å². The van der Waals surface area contributed by atoms with Crippen LogP contribution in [-0.2, 0) is 4.79 Å². The van der Waals surface area contributed by atoms with E-state index in [-0.39, 0.29) is 30.6 Å². The molecule has 3 heterocycles. The van der Waals surface area contributed by atoms with Crippen molar-refractivity contribution >= 4 is 44.6 Å². The van der Waals surface area contributed by atoms with E-state index in [1.165, 1.54) is 11.3 Å². The largest absolute Gasteiger partial charge is 0.333 e. The van der Waals surface area contributed by atoms with Gasteiger partial charge in [0.2, 0.25) is 5.91 Å². The standard InChI is InChI=1S/C19H18N2O2S2/c22-15(17-8-4-12-24-17)9-10-18(23)21-11-3-6-14(21)19-20-13-5-1-2-7-16(13)25-19/h1-2,4-5,7-8,12,14H,3,6,9-11H2. The fourth-order valence-electron chi connectivity index (χ4n) is 3.28. The van der Waals surface area contributed by atoms with Gasteiger partial charge in [-0.1, -0.05) is 18.2 Å². The van der Waals surface area contributed by atoms with Crippen LogP contribution in [0.25, 0.3) is 10.2 Å². The molecule has 0 N–H and O–H groups in total. The highest BCUT2D eigenvalue weighted by molar-refractivity contribution is 7.18. The number of hydrogen-bond donors (Lipinski definition) is 0. The first-order valence-electron chi connectivity index (χ1n) is 8.44. The van der Waals surface area contributed by atoms with Crippen LogP contribution in [0, 0.1) is 0 Å². The summed E-state index contributed by atoms with van der Waals surface area (Å²) in [7, 11) is 0. The molecule has 6 heteroatoms. The molecule has 25 heavy (non-hydrogen) atoms. The average Bonchev–Trinajstić information content (AvgIpc) is 3.38. The number of fused-ring (bicyclic) bond motifs is 1. The molecule has 1 aliphatic heterocycles. The normalized spacial score (nSPS) is 17.3. The van der Waals surface area contributed by atoms with Crippen molar-refractivity contribution in [3.63, 3.8) is 0 Å². The van der Waals surface area contributed by atoms with Crippen LogP contribution in [0.3, 0.4) is 0 Å². The maximum atomic E-state index is 12.7. The molecule has 4 rings (SSSR count). The second kappa shape index (κ2) is 7.06. The molecule has 2 aromatic heterocycles. The zero-order valence-corrected chi connectivity index (χ0v) is 15.3. The molecule has 128 valence electrons. The quantitative estimate of drug-likeness (QED) is 0.613. The Kier molecular flexibility index (Phi) is 4.63. The third kappa shape index (κ3) is 3.37. The van der Waals surface area contributed by atoms with Crippen molar-refractivity contribution in [2.24, 2.45) is 0 Å². The van der Waals surface area contributed by atoms with Crippen LogP contribution in [0.5, 0.6) is 0 Å². The van der Waals surface area contributed by atoms with Crippen LogP contribution < -0.4 is 0 Å². The minimum atomic E-state index is 0.0547. The van der Waals surface area contributed by atoms with Gasteiger partial charge in [0.25, 0.3) is 0 Å². The number of carbonyl (C=O) groups excluding carboxylic acids is 2. The van der Waals surface area contributed by atoms with Crippen molar-refractivity contribution in [3.8, 4) is 0 Å². The summed E-state index contributed by atoms with van der Waals surface area (Å²) >= 11 is 3.10. The van der Waals surface area contributed by atoms with Gasteiger partial charge in [-0.05, 0) is 36.4 Å². The molecule has 1 aromatic carbocycles. The molecule has 4 nitrogen and oxygen atoms in total. The summed E-state index contributed by atoms with van der Waals surface area (Å²) in [5.74, 6) is 0.116. The monoisotopic (exact) mass is 370 g/mol. The van der Waals surface area contributed by atoms with Crippen LogP contribution in [0.2, 0.25) is 0 Å². The number of nitrogens with zero attached hydrogens (tertiary/aromatic N) is 2. The van der Waals surface area contributed by atoms with Crippen molar-refractivity contribution in [3.05, 3.63) is 51.7 Å². The van der Waals surface area contributed by atoms with Gasteiger partial charge in [-0.2, -0.15) is 0 Å². The molecule has 1 unspecified atom stereocenters. The first-order valence-corrected chi connectivity index (χ1v) is 10.1. The van der Waals surface area contributed by atoms with Crippen molar-refractivity contribution in [1.29, 1.82) is 0 Å². The molecule has 0 aliphatic carbocycles. The van der Waals surface area contributed by atoms with E-state index >= 15 is 0 Å². The maximum absolute atomic E-state index is 12.7. The zero-order valence-electron chi connectivity index (χ0n) is 13.7. The number of amides is 1. The fraction of sp³-hybridized carbons (Fsp3) is 0.316. The molecule has 1 atom stereocenters. The summed E-state index contributed by atoms with van der Waals surface area (Å²) < 4.78 is 1.16. The number of aromatic nitrogens is 1. The molecule has 1 aliphatic rings. The molecule has 0 spiro atoms. The number of rotatable bonds is 5. The van der Waals surface area contributed by atoms with Crippen LogP contribution in [-0.4, -0.2) is 28.1 Å². The Morgan fingerprint density at radius 2 is 2.04 bits per heavy atom. The van der Waals surface area contributed by atoms with Gasteiger partial charge in [0.1, 0.15) is 5.01 Å². The van der Waals surface area contributed by atoms with Crippen LogP contribution in [0.15, 0.2) is 41.8 Å². The lowest BCUT2D eigenvalue weighted by Gasteiger charge is -2.23. The molecule has 0 radical (unpaired) electrons. The minimum Gasteiger partial charge on any atom is -0.333 e. The summed E-state index contributed by atoms with van der Waals surface area (Å²) in [5.41, 5.74) is 0.995. The first-order chi connectivity index (χ1) is 12.2. The summed E-state index contributed by atoms with van der Waals surface area (Å²) in [6.45, 7) is 0.757. The third-order valence-electron chi connectivity index (χ3n) is 4.53. The van der Waals surface area contributed by atoms with Gasteiger partial charge < -0.3 is 4.90 Å². The van der Waals surface area contributed by atoms with Crippen molar-refractivity contribution < 1.29 is 9.59 Å². The number of thiazole rings is 1.